The number of ether oxygens (including phenoxy) is 2. The number of fused-ring (bicyclic) bond motifs is 1. The molecule has 1 aliphatic rings. The van der Waals surface area contributed by atoms with E-state index in [1.165, 1.54) is 5.56 Å². The van der Waals surface area contributed by atoms with Crippen molar-refractivity contribution in [1.29, 1.82) is 0 Å². The van der Waals surface area contributed by atoms with Crippen LogP contribution in [0.5, 0.6) is 11.5 Å². The molecule has 104 valence electrons. The van der Waals surface area contributed by atoms with Crippen LogP contribution in [0.15, 0.2) is 40.9 Å². The van der Waals surface area contributed by atoms with Crippen LogP contribution < -0.4 is 15.2 Å². The number of rotatable bonds is 2. The third-order valence-corrected chi connectivity index (χ3v) is 4.10. The summed E-state index contributed by atoms with van der Waals surface area (Å²) >= 11 is 3.58. The van der Waals surface area contributed by atoms with Gasteiger partial charge in [-0.2, -0.15) is 0 Å². The molecule has 1 atom stereocenters. The van der Waals surface area contributed by atoms with Gasteiger partial charge in [0.25, 0.3) is 0 Å². The number of halogens is 1. The van der Waals surface area contributed by atoms with Gasteiger partial charge in [0.15, 0.2) is 11.5 Å². The van der Waals surface area contributed by atoms with Crippen molar-refractivity contribution in [3.05, 3.63) is 57.6 Å². The quantitative estimate of drug-likeness (QED) is 0.913. The van der Waals surface area contributed by atoms with Crippen LogP contribution in [0.4, 0.5) is 0 Å². The molecule has 0 saturated carbocycles. The van der Waals surface area contributed by atoms with Gasteiger partial charge < -0.3 is 15.2 Å². The summed E-state index contributed by atoms with van der Waals surface area (Å²) in [7, 11) is 0. The van der Waals surface area contributed by atoms with Gasteiger partial charge in [-0.05, 0) is 41.8 Å². The van der Waals surface area contributed by atoms with Crippen molar-refractivity contribution < 1.29 is 9.47 Å². The zero-order valence-electron chi connectivity index (χ0n) is 11.2. The van der Waals surface area contributed by atoms with Crippen molar-refractivity contribution in [1.82, 2.24) is 0 Å². The Bertz CT molecular complexity index is 642. The molecule has 1 unspecified atom stereocenters. The Labute approximate surface area is 126 Å². The molecule has 3 nitrogen and oxygen atoms in total. The van der Waals surface area contributed by atoms with Gasteiger partial charge in [-0.1, -0.05) is 34.1 Å². The molecule has 0 bridgehead atoms. The second-order valence-corrected chi connectivity index (χ2v) is 5.76. The topological polar surface area (TPSA) is 44.5 Å². The maximum absolute atomic E-state index is 6.37. The normalized spacial score (nSPS) is 14.9. The Morgan fingerprint density at radius 1 is 1.05 bits per heavy atom. The molecular weight excluding hydrogens is 318 g/mol. The molecule has 0 radical (unpaired) electrons. The highest BCUT2D eigenvalue weighted by Gasteiger charge is 2.17. The van der Waals surface area contributed by atoms with Gasteiger partial charge >= 0.3 is 0 Å². The van der Waals surface area contributed by atoms with Crippen LogP contribution in [0, 0.1) is 6.92 Å². The van der Waals surface area contributed by atoms with E-state index in [9.17, 15) is 0 Å². The van der Waals surface area contributed by atoms with Gasteiger partial charge in [0.2, 0.25) is 0 Å². The third-order valence-electron chi connectivity index (χ3n) is 3.42. The van der Waals surface area contributed by atoms with E-state index in [0.29, 0.717) is 13.2 Å². The second-order valence-electron chi connectivity index (χ2n) is 4.91. The van der Waals surface area contributed by atoms with E-state index in [1.807, 2.05) is 18.2 Å². The Morgan fingerprint density at radius 3 is 2.55 bits per heavy atom. The van der Waals surface area contributed by atoms with Gasteiger partial charge in [0.1, 0.15) is 13.2 Å². The van der Waals surface area contributed by atoms with Gasteiger partial charge in [0, 0.05) is 4.47 Å². The molecule has 2 N–H and O–H groups in total. The lowest BCUT2D eigenvalue weighted by molar-refractivity contribution is 0.171. The molecule has 3 rings (SSSR count). The lowest BCUT2D eigenvalue weighted by Crippen LogP contribution is -2.17. The number of hydrogen-bond acceptors (Lipinski definition) is 3. The maximum atomic E-state index is 6.37. The number of benzene rings is 2. The van der Waals surface area contributed by atoms with Crippen LogP contribution in [0.2, 0.25) is 0 Å². The summed E-state index contributed by atoms with van der Waals surface area (Å²) in [6.07, 6.45) is 0. The average molecular weight is 334 g/mol. The molecule has 1 aliphatic heterocycles. The summed E-state index contributed by atoms with van der Waals surface area (Å²) < 4.78 is 12.2. The minimum absolute atomic E-state index is 0.194. The van der Waals surface area contributed by atoms with Gasteiger partial charge in [0.05, 0.1) is 6.04 Å². The zero-order chi connectivity index (χ0) is 14.1. The lowest BCUT2D eigenvalue weighted by Gasteiger charge is -2.21. The maximum Gasteiger partial charge on any atom is 0.161 e. The van der Waals surface area contributed by atoms with Crippen LogP contribution in [0.3, 0.4) is 0 Å². The predicted molar refractivity (Wildman–Crippen MR) is 82.3 cm³/mol. The van der Waals surface area contributed by atoms with E-state index in [-0.39, 0.29) is 6.04 Å². The number of hydrogen-bond donors (Lipinski definition) is 1. The molecular formula is C16H16BrNO2. The Hall–Kier alpha value is -1.52. The molecule has 0 aromatic heterocycles. The Balaban J connectivity index is 1.95. The third kappa shape index (κ3) is 2.53. The van der Waals surface area contributed by atoms with Crippen LogP contribution >= 0.6 is 15.9 Å². The van der Waals surface area contributed by atoms with Crippen LogP contribution in [-0.2, 0) is 0 Å². The minimum Gasteiger partial charge on any atom is -0.486 e. The largest absolute Gasteiger partial charge is 0.486 e. The fourth-order valence-electron chi connectivity index (χ4n) is 2.32. The van der Waals surface area contributed by atoms with Gasteiger partial charge in [-0.15, -0.1) is 0 Å². The van der Waals surface area contributed by atoms with Crippen LogP contribution in [-0.4, -0.2) is 13.2 Å². The van der Waals surface area contributed by atoms with Crippen LogP contribution in [0.25, 0.3) is 0 Å². The van der Waals surface area contributed by atoms with E-state index >= 15 is 0 Å². The standard InChI is InChI=1S/C16H16BrNO2/c1-10-2-4-12(13(17)8-10)16(18)11-3-5-14-15(9-11)20-7-6-19-14/h2-5,8-9,16H,6-7,18H2,1H3. The Morgan fingerprint density at radius 2 is 1.80 bits per heavy atom. The highest BCUT2D eigenvalue weighted by Crippen LogP contribution is 2.35. The van der Waals surface area contributed by atoms with E-state index in [1.54, 1.807) is 0 Å². The number of aryl methyl sites for hydroxylation is 1. The molecule has 0 fully saturated rings. The van der Waals surface area contributed by atoms with Gasteiger partial charge in [-0.3, -0.25) is 0 Å². The molecule has 2 aromatic rings. The highest BCUT2D eigenvalue weighted by molar-refractivity contribution is 9.10. The van der Waals surface area contributed by atoms with Crippen molar-refractivity contribution in [2.75, 3.05) is 13.2 Å². The summed E-state index contributed by atoms with van der Waals surface area (Å²) in [5.74, 6) is 1.56. The summed E-state index contributed by atoms with van der Waals surface area (Å²) in [6, 6.07) is 11.9. The smallest absolute Gasteiger partial charge is 0.161 e. The molecule has 2 aromatic carbocycles. The Kier molecular flexibility index (Phi) is 3.68. The predicted octanol–water partition coefficient (Wildman–Crippen LogP) is 3.58. The first-order valence-electron chi connectivity index (χ1n) is 6.56. The monoisotopic (exact) mass is 333 g/mol. The summed E-state index contributed by atoms with van der Waals surface area (Å²) in [5, 5.41) is 0. The van der Waals surface area contributed by atoms with Crippen molar-refractivity contribution in [2.45, 2.75) is 13.0 Å². The van der Waals surface area contributed by atoms with Crippen molar-refractivity contribution in [3.8, 4) is 11.5 Å². The lowest BCUT2D eigenvalue weighted by atomic mass is 9.98. The summed E-state index contributed by atoms with van der Waals surface area (Å²) in [6.45, 7) is 3.24. The molecule has 20 heavy (non-hydrogen) atoms. The fourth-order valence-corrected chi connectivity index (χ4v) is 3.06. The number of nitrogens with two attached hydrogens (primary N) is 1. The van der Waals surface area contributed by atoms with Crippen molar-refractivity contribution in [3.63, 3.8) is 0 Å². The zero-order valence-corrected chi connectivity index (χ0v) is 12.8. The van der Waals surface area contributed by atoms with Crippen LogP contribution in [0.1, 0.15) is 22.7 Å². The first kappa shape index (κ1) is 13.5. The van der Waals surface area contributed by atoms with E-state index < -0.39 is 0 Å². The SMILES string of the molecule is Cc1ccc(C(N)c2ccc3c(c2)OCCO3)c(Br)c1. The highest BCUT2D eigenvalue weighted by atomic mass is 79.9. The van der Waals surface area contributed by atoms with Crippen molar-refractivity contribution >= 4 is 15.9 Å². The minimum atomic E-state index is -0.194. The summed E-state index contributed by atoms with van der Waals surface area (Å²) in [5.41, 5.74) is 9.65. The molecule has 0 aliphatic carbocycles. The average Bonchev–Trinajstić information content (AvgIpc) is 2.46. The first-order chi connectivity index (χ1) is 9.65. The summed E-state index contributed by atoms with van der Waals surface area (Å²) in [4.78, 5) is 0. The molecule has 0 saturated heterocycles. The van der Waals surface area contributed by atoms with E-state index in [4.69, 9.17) is 15.2 Å². The van der Waals surface area contributed by atoms with E-state index in [0.717, 1.165) is 27.1 Å². The molecule has 0 amide bonds. The molecule has 1 heterocycles. The first-order valence-corrected chi connectivity index (χ1v) is 7.35. The van der Waals surface area contributed by atoms with Crippen molar-refractivity contribution in [2.24, 2.45) is 5.73 Å². The van der Waals surface area contributed by atoms with Gasteiger partial charge in [-0.25, -0.2) is 0 Å². The molecule has 0 spiro atoms. The second kappa shape index (κ2) is 5.46. The van der Waals surface area contributed by atoms with E-state index in [2.05, 4.69) is 41.1 Å². The fraction of sp³-hybridized carbons (Fsp3) is 0.250. The molecule has 4 heteroatoms.